The van der Waals surface area contributed by atoms with Crippen LogP contribution < -0.4 is 9.64 Å². The van der Waals surface area contributed by atoms with Crippen molar-refractivity contribution in [3.8, 4) is 5.75 Å². The number of anilines is 1. The number of hydrogen-bond acceptors (Lipinski definition) is 5. The Hall–Kier alpha value is -2.93. The Balaban J connectivity index is 1.71. The van der Waals surface area contributed by atoms with Gasteiger partial charge >= 0.3 is 5.97 Å². The molecule has 0 N–H and O–H groups in total. The molecule has 1 aliphatic rings. The molecule has 0 unspecified atom stereocenters. The molecule has 6 nitrogen and oxygen atoms in total. The van der Waals surface area contributed by atoms with Gasteiger partial charge in [-0.15, -0.1) is 11.6 Å². The van der Waals surface area contributed by atoms with Crippen molar-refractivity contribution in [2.75, 3.05) is 23.9 Å². The zero-order chi connectivity index (χ0) is 22.4. The Morgan fingerprint density at radius 3 is 2.58 bits per heavy atom. The summed E-state index contributed by atoms with van der Waals surface area (Å²) in [5.41, 5.74) is 0.809. The highest BCUT2D eigenvalue weighted by molar-refractivity contribution is 6.18. The third-order valence-corrected chi connectivity index (χ3v) is 5.18. The van der Waals surface area contributed by atoms with Gasteiger partial charge in [0, 0.05) is 30.8 Å². The van der Waals surface area contributed by atoms with Gasteiger partial charge in [0.05, 0.1) is 18.2 Å². The first kappa shape index (κ1) is 22.7. The zero-order valence-corrected chi connectivity index (χ0v) is 17.8. The molecule has 0 aliphatic carbocycles. The molecule has 2 aromatic rings. The number of esters is 1. The van der Waals surface area contributed by atoms with E-state index in [1.54, 1.807) is 24.3 Å². The smallest absolute Gasteiger partial charge is 0.312 e. The highest BCUT2D eigenvalue weighted by Crippen LogP contribution is 2.33. The maximum absolute atomic E-state index is 13.1. The number of amides is 1. The third-order valence-electron chi connectivity index (χ3n) is 4.97. The minimum Gasteiger partial charge on any atom is -0.492 e. The highest BCUT2D eigenvalue weighted by Gasteiger charge is 2.38. The molecule has 0 saturated carbocycles. The van der Waals surface area contributed by atoms with Gasteiger partial charge < -0.3 is 14.4 Å². The number of carbonyl (C=O) groups excluding carboxylic acids is 3. The fourth-order valence-electron chi connectivity index (χ4n) is 3.44. The van der Waals surface area contributed by atoms with Crippen LogP contribution in [0.25, 0.3) is 0 Å². The van der Waals surface area contributed by atoms with Crippen LogP contribution in [0.2, 0.25) is 0 Å². The first-order valence-corrected chi connectivity index (χ1v) is 10.6. The fraction of sp³-hybridized carbons (Fsp3) is 0.348. The predicted octanol–water partition coefficient (Wildman–Crippen LogP) is 4.00. The number of rotatable bonds is 9. The number of alkyl halides is 1. The van der Waals surface area contributed by atoms with Gasteiger partial charge in [0.1, 0.15) is 11.6 Å². The summed E-state index contributed by atoms with van der Waals surface area (Å²) in [5, 5.41) is 0. The van der Waals surface area contributed by atoms with Crippen LogP contribution in [-0.4, -0.2) is 42.8 Å². The highest BCUT2D eigenvalue weighted by atomic mass is 35.5. The van der Waals surface area contributed by atoms with Gasteiger partial charge in [-0.3, -0.25) is 14.4 Å². The number of hydrogen-bond donors (Lipinski definition) is 0. The Kier molecular flexibility index (Phi) is 7.63. The molecule has 31 heavy (non-hydrogen) atoms. The van der Waals surface area contributed by atoms with Gasteiger partial charge in [0.15, 0.2) is 6.10 Å². The van der Waals surface area contributed by atoms with E-state index in [4.69, 9.17) is 21.1 Å². The second-order valence-corrected chi connectivity index (χ2v) is 7.46. The fourth-order valence-corrected chi connectivity index (χ4v) is 3.63. The third kappa shape index (κ3) is 5.41. The molecule has 1 fully saturated rings. The molecular formula is C23H23ClFNO5. The van der Waals surface area contributed by atoms with E-state index in [9.17, 15) is 18.8 Å². The summed E-state index contributed by atoms with van der Waals surface area (Å²) >= 11 is 5.79. The molecule has 0 radical (unpaired) electrons. The molecule has 8 heteroatoms. The lowest BCUT2D eigenvalue weighted by atomic mass is 10.0. The van der Waals surface area contributed by atoms with E-state index in [0.717, 1.165) is 12.1 Å². The first-order chi connectivity index (χ1) is 14.9. The van der Waals surface area contributed by atoms with Crippen molar-refractivity contribution in [3.05, 3.63) is 59.9 Å². The van der Waals surface area contributed by atoms with Crippen LogP contribution in [0.15, 0.2) is 48.5 Å². The van der Waals surface area contributed by atoms with Crippen LogP contribution in [0.4, 0.5) is 10.1 Å². The van der Waals surface area contributed by atoms with E-state index in [2.05, 4.69) is 0 Å². The summed E-state index contributed by atoms with van der Waals surface area (Å²) in [7, 11) is 0. The Labute approximate surface area is 184 Å². The van der Waals surface area contributed by atoms with E-state index in [1.165, 1.54) is 17.0 Å². The number of Topliss-reactive ketones (excluding diaryl/α,β-unsaturated/α-hetero) is 1. The van der Waals surface area contributed by atoms with E-state index in [1.807, 2.05) is 6.92 Å². The van der Waals surface area contributed by atoms with E-state index in [0.29, 0.717) is 18.0 Å². The van der Waals surface area contributed by atoms with Crippen LogP contribution in [0.1, 0.15) is 30.1 Å². The molecule has 1 amide bonds. The summed E-state index contributed by atoms with van der Waals surface area (Å²) in [5.74, 6) is -1.87. The summed E-state index contributed by atoms with van der Waals surface area (Å²) in [6.45, 7) is 2.41. The van der Waals surface area contributed by atoms with Gasteiger partial charge in [-0.1, -0.05) is 12.1 Å². The van der Waals surface area contributed by atoms with E-state index in [-0.39, 0.29) is 36.7 Å². The topological polar surface area (TPSA) is 72.9 Å². The van der Waals surface area contributed by atoms with Crippen molar-refractivity contribution >= 4 is 34.9 Å². The lowest BCUT2D eigenvalue weighted by molar-refractivity contribution is -0.151. The molecule has 1 aliphatic heterocycles. The summed E-state index contributed by atoms with van der Waals surface area (Å²) in [4.78, 5) is 39.6. The molecule has 0 aromatic heterocycles. The maximum Gasteiger partial charge on any atom is 0.312 e. The number of ether oxygens (including phenoxy) is 2. The number of ketones is 1. The number of halogens is 2. The van der Waals surface area contributed by atoms with Crippen LogP contribution in [-0.2, 0) is 14.3 Å². The molecule has 0 bridgehead atoms. The van der Waals surface area contributed by atoms with Crippen molar-refractivity contribution in [1.82, 2.24) is 0 Å². The molecule has 3 rings (SSSR count). The number of carbonyl (C=O) groups is 3. The van der Waals surface area contributed by atoms with Crippen molar-refractivity contribution < 1.29 is 28.2 Å². The molecule has 0 spiro atoms. The Morgan fingerprint density at radius 1 is 1.19 bits per heavy atom. The zero-order valence-electron chi connectivity index (χ0n) is 17.1. The van der Waals surface area contributed by atoms with Crippen LogP contribution in [0.3, 0.4) is 0 Å². The van der Waals surface area contributed by atoms with Crippen molar-refractivity contribution in [2.45, 2.75) is 25.9 Å². The van der Waals surface area contributed by atoms with E-state index < -0.39 is 29.6 Å². The molecule has 164 valence electrons. The number of para-hydroxylation sites is 2. The average Bonchev–Trinajstić information content (AvgIpc) is 3.15. The first-order valence-electron chi connectivity index (χ1n) is 10.0. The Bertz CT molecular complexity index is 949. The van der Waals surface area contributed by atoms with Gasteiger partial charge in [-0.25, -0.2) is 4.39 Å². The quantitative estimate of drug-likeness (QED) is 0.330. The molecule has 2 aromatic carbocycles. The maximum atomic E-state index is 13.1. The molecular weight excluding hydrogens is 425 g/mol. The number of nitrogens with zero attached hydrogens (tertiary/aromatic N) is 1. The Morgan fingerprint density at radius 2 is 1.90 bits per heavy atom. The lowest BCUT2D eigenvalue weighted by Gasteiger charge is -2.21. The standard InChI is InChI=1S/C23H23ClFNO5/c1-2-30-19-6-4-3-5-18(19)26-14-16(13-21(26)27)23(29)31-20(11-12-24)22(28)15-7-9-17(25)10-8-15/h3-10,16,20H,2,11-14H2,1H3/t16-,20+/m1/s1. The van der Waals surface area contributed by atoms with E-state index >= 15 is 0 Å². The van der Waals surface area contributed by atoms with Crippen molar-refractivity contribution in [2.24, 2.45) is 5.92 Å². The molecule has 2 atom stereocenters. The molecule has 1 saturated heterocycles. The normalized spacial score (nSPS) is 16.8. The van der Waals surface area contributed by atoms with Gasteiger partial charge in [0.25, 0.3) is 0 Å². The minimum absolute atomic E-state index is 0.0301. The van der Waals surface area contributed by atoms with Gasteiger partial charge in [0.2, 0.25) is 11.7 Å². The largest absolute Gasteiger partial charge is 0.492 e. The minimum atomic E-state index is -1.10. The van der Waals surface area contributed by atoms with Crippen LogP contribution >= 0.6 is 11.6 Å². The number of benzene rings is 2. The molecule has 1 heterocycles. The summed E-state index contributed by atoms with van der Waals surface area (Å²) < 4.78 is 24.2. The van der Waals surface area contributed by atoms with Crippen molar-refractivity contribution in [3.63, 3.8) is 0 Å². The van der Waals surface area contributed by atoms with Crippen molar-refractivity contribution in [1.29, 1.82) is 0 Å². The van der Waals surface area contributed by atoms with Crippen LogP contribution in [0.5, 0.6) is 5.75 Å². The summed E-state index contributed by atoms with van der Waals surface area (Å²) in [6, 6.07) is 12.1. The predicted molar refractivity (Wildman–Crippen MR) is 114 cm³/mol. The second-order valence-electron chi connectivity index (χ2n) is 7.08. The van der Waals surface area contributed by atoms with Gasteiger partial charge in [-0.2, -0.15) is 0 Å². The summed E-state index contributed by atoms with van der Waals surface area (Å²) in [6.07, 6.45) is -1.02. The van der Waals surface area contributed by atoms with Crippen LogP contribution in [0, 0.1) is 11.7 Å². The average molecular weight is 448 g/mol. The SMILES string of the molecule is CCOc1ccccc1N1C[C@H](C(=O)O[C@@H](CCCl)C(=O)c2ccc(F)cc2)CC1=O. The lowest BCUT2D eigenvalue weighted by Crippen LogP contribution is -2.32. The monoisotopic (exact) mass is 447 g/mol. The second kappa shape index (κ2) is 10.4. The van der Waals surface area contributed by atoms with Gasteiger partial charge in [-0.05, 0) is 43.3 Å².